The van der Waals surface area contributed by atoms with Gasteiger partial charge in [0.2, 0.25) is 0 Å². The van der Waals surface area contributed by atoms with E-state index in [-0.39, 0.29) is 6.42 Å². The smallest absolute Gasteiger partial charge is 0.303 e. The number of aliphatic carboxylic acids is 1. The van der Waals surface area contributed by atoms with Crippen molar-refractivity contribution in [3.8, 4) is 0 Å². The van der Waals surface area contributed by atoms with E-state index in [1.54, 1.807) is 6.08 Å². The summed E-state index contributed by atoms with van der Waals surface area (Å²) in [5.74, 6) is -0.774. The van der Waals surface area contributed by atoms with Gasteiger partial charge in [0.05, 0.1) is 6.10 Å². The number of unbranched alkanes of at least 4 members (excludes halogenated alkanes) is 1. The van der Waals surface area contributed by atoms with Crippen LogP contribution >= 0.6 is 0 Å². The average molecular weight is 344 g/mol. The molecule has 0 fully saturated rings. The third-order valence-corrected chi connectivity index (χ3v) is 3.21. The molecule has 1 atom stereocenters. The summed E-state index contributed by atoms with van der Waals surface area (Å²) in [6, 6.07) is 0. The zero-order valence-electron chi connectivity index (χ0n) is 15.3. The quantitative estimate of drug-likeness (QED) is 0.248. The molecule has 0 aromatic heterocycles. The molecule has 0 amide bonds. The van der Waals surface area contributed by atoms with Crippen molar-refractivity contribution in [2.75, 3.05) is 0 Å². The van der Waals surface area contributed by atoms with Crippen LogP contribution in [0.2, 0.25) is 0 Å². The fraction of sp³-hybridized carbons (Fsp3) is 0.409. The second-order valence-electron chi connectivity index (χ2n) is 5.57. The van der Waals surface area contributed by atoms with Crippen molar-refractivity contribution in [2.24, 2.45) is 0 Å². The molecule has 0 aliphatic carbocycles. The molecule has 0 saturated carbocycles. The molecule has 25 heavy (non-hydrogen) atoms. The lowest BCUT2D eigenvalue weighted by molar-refractivity contribution is -0.136. The third kappa shape index (κ3) is 19.8. The molecule has 0 aromatic rings. The highest BCUT2D eigenvalue weighted by molar-refractivity contribution is 5.66. The van der Waals surface area contributed by atoms with Crippen molar-refractivity contribution in [2.45, 2.75) is 58.0 Å². The highest BCUT2D eigenvalue weighted by Gasteiger charge is 1.93. The number of hydrogen-bond acceptors (Lipinski definition) is 2. The van der Waals surface area contributed by atoms with Crippen molar-refractivity contribution in [1.29, 1.82) is 0 Å². The van der Waals surface area contributed by atoms with Crippen LogP contribution < -0.4 is 0 Å². The fourth-order valence-electron chi connectivity index (χ4n) is 1.88. The van der Waals surface area contributed by atoms with Gasteiger partial charge in [0, 0.05) is 6.42 Å². The number of carbonyl (C=O) groups is 1. The number of carboxylic acids is 1. The van der Waals surface area contributed by atoms with E-state index in [0.29, 0.717) is 12.8 Å². The standard InChI is InChI=1S/C22H32O3/c1-2-3-4-5-6-7-8-9-12-15-18-21(23)19-16-13-10-11-14-17-20-22(24)25/h3-4,7-9,11-16,18,21,23H,2,5-6,10,17,19-20H2,1H3,(H,24,25)/b4-3-,8-7+,12-9+,14-11-,16-13-,18-15+/t21-/m0/s1. The number of hydrogen-bond donors (Lipinski definition) is 2. The highest BCUT2D eigenvalue weighted by atomic mass is 16.4. The molecule has 2 N–H and O–H groups in total. The number of aliphatic hydroxyl groups is 1. The van der Waals surface area contributed by atoms with Crippen molar-refractivity contribution in [3.63, 3.8) is 0 Å². The van der Waals surface area contributed by atoms with Crippen molar-refractivity contribution in [3.05, 3.63) is 72.9 Å². The van der Waals surface area contributed by atoms with E-state index in [1.165, 1.54) is 0 Å². The van der Waals surface area contributed by atoms with E-state index in [4.69, 9.17) is 5.11 Å². The molecular formula is C22H32O3. The molecule has 0 rings (SSSR count). The Balaban J connectivity index is 3.74. The predicted octanol–water partition coefficient (Wildman–Crippen LogP) is 5.52. The summed E-state index contributed by atoms with van der Waals surface area (Å²) in [4.78, 5) is 10.3. The fourth-order valence-corrected chi connectivity index (χ4v) is 1.88. The Morgan fingerprint density at radius 2 is 1.52 bits per heavy atom. The summed E-state index contributed by atoms with van der Waals surface area (Å²) in [7, 11) is 0. The molecule has 3 heteroatoms. The van der Waals surface area contributed by atoms with E-state index in [1.807, 2.05) is 48.6 Å². The Morgan fingerprint density at radius 1 is 0.840 bits per heavy atom. The Hall–Kier alpha value is -2.13. The lowest BCUT2D eigenvalue weighted by Gasteiger charge is -1.98. The largest absolute Gasteiger partial charge is 0.481 e. The number of carboxylic acid groups (broad SMARTS) is 1. The normalized spacial score (nSPS) is 14.3. The van der Waals surface area contributed by atoms with Gasteiger partial charge in [-0.05, 0) is 38.5 Å². The minimum absolute atomic E-state index is 0.169. The first-order chi connectivity index (χ1) is 12.2. The minimum atomic E-state index is -0.774. The van der Waals surface area contributed by atoms with E-state index in [0.717, 1.165) is 25.7 Å². The van der Waals surface area contributed by atoms with Gasteiger partial charge in [0.15, 0.2) is 0 Å². The summed E-state index contributed by atoms with van der Waals surface area (Å²) in [5.41, 5.74) is 0. The maximum Gasteiger partial charge on any atom is 0.303 e. The molecule has 0 bridgehead atoms. The zero-order valence-corrected chi connectivity index (χ0v) is 15.3. The first kappa shape index (κ1) is 22.9. The van der Waals surface area contributed by atoms with Crippen molar-refractivity contribution < 1.29 is 15.0 Å². The van der Waals surface area contributed by atoms with E-state index in [2.05, 4.69) is 25.2 Å². The molecular weight excluding hydrogens is 312 g/mol. The van der Waals surface area contributed by atoms with Gasteiger partial charge in [-0.25, -0.2) is 0 Å². The molecule has 138 valence electrons. The molecule has 0 unspecified atom stereocenters. The van der Waals surface area contributed by atoms with Gasteiger partial charge in [-0.3, -0.25) is 4.79 Å². The van der Waals surface area contributed by atoms with Gasteiger partial charge in [-0.15, -0.1) is 0 Å². The van der Waals surface area contributed by atoms with Gasteiger partial charge < -0.3 is 10.2 Å². The molecule has 0 aliphatic heterocycles. The van der Waals surface area contributed by atoms with Crippen LogP contribution in [0.5, 0.6) is 0 Å². The summed E-state index contributed by atoms with van der Waals surface area (Å²) in [6.07, 6.45) is 28.5. The van der Waals surface area contributed by atoms with Gasteiger partial charge in [0.25, 0.3) is 0 Å². The first-order valence-electron chi connectivity index (χ1n) is 9.01. The van der Waals surface area contributed by atoms with Crippen LogP contribution in [0.4, 0.5) is 0 Å². The predicted molar refractivity (Wildman–Crippen MR) is 106 cm³/mol. The monoisotopic (exact) mass is 344 g/mol. The maximum atomic E-state index is 10.3. The Kier molecular flexibility index (Phi) is 16.7. The SMILES string of the molecule is CC/C=C\CC/C=C/C=C/C=C/[C@H](O)C/C=C\C/C=C\CCC(=O)O. The van der Waals surface area contributed by atoms with Gasteiger partial charge in [-0.1, -0.05) is 79.8 Å². The van der Waals surface area contributed by atoms with Gasteiger partial charge >= 0.3 is 5.97 Å². The van der Waals surface area contributed by atoms with E-state index >= 15 is 0 Å². The van der Waals surface area contributed by atoms with Crippen molar-refractivity contribution >= 4 is 5.97 Å². The summed E-state index contributed by atoms with van der Waals surface area (Å²) in [5, 5.41) is 18.3. The molecule has 0 aliphatic rings. The summed E-state index contributed by atoms with van der Waals surface area (Å²) in [6.45, 7) is 2.13. The van der Waals surface area contributed by atoms with Crippen LogP contribution in [0.25, 0.3) is 0 Å². The van der Waals surface area contributed by atoms with E-state index in [9.17, 15) is 9.90 Å². The molecule has 0 heterocycles. The van der Waals surface area contributed by atoms with Gasteiger partial charge in [-0.2, -0.15) is 0 Å². The van der Waals surface area contributed by atoms with Crippen LogP contribution in [0.1, 0.15) is 51.9 Å². The molecule has 3 nitrogen and oxygen atoms in total. The van der Waals surface area contributed by atoms with Crippen LogP contribution in [-0.2, 0) is 4.79 Å². The molecule has 0 saturated heterocycles. The van der Waals surface area contributed by atoms with Crippen molar-refractivity contribution in [1.82, 2.24) is 0 Å². The van der Waals surface area contributed by atoms with Gasteiger partial charge in [0.1, 0.15) is 0 Å². The Labute approximate surface area is 152 Å². The average Bonchev–Trinajstić information content (AvgIpc) is 2.58. The second-order valence-corrected chi connectivity index (χ2v) is 5.57. The zero-order chi connectivity index (χ0) is 18.6. The topological polar surface area (TPSA) is 57.5 Å². The van der Waals surface area contributed by atoms with Crippen LogP contribution in [0.3, 0.4) is 0 Å². The van der Waals surface area contributed by atoms with Crippen LogP contribution in [0, 0.1) is 0 Å². The molecule has 0 spiro atoms. The number of rotatable bonds is 14. The van der Waals surface area contributed by atoms with E-state index < -0.39 is 12.1 Å². The van der Waals surface area contributed by atoms with Crippen LogP contribution in [-0.4, -0.2) is 22.3 Å². The maximum absolute atomic E-state index is 10.3. The molecule has 0 aromatic carbocycles. The lowest BCUT2D eigenvalue weighted by atomic mass is 10.2. The minimum Gasteiger partial charge on any atom is -0.481 e. The number of allylic oxidation sites excluding steroid dienone is 10. The first-order valence-corrected chi connectivity index (χ1v) is 9.01. The van der Waals surface area contributed by atoms with Crippen LogP contribution in [0.15, 0.2) is 72.9 Å². The second kappa shape index (κ2) is 18.2. The highest BCUT2D eigenvalue weighted by Crippen LogP contribution is 1.99. The summed E-state index contributed by atoms with van der Waals surface area (Å²) < 4.78 is 0. The lowest BCUT2D eigenvalue weighted by Crippen LogP contribution is -1.98. The third-order valence-electron chi connectivity index (χ3n) is 3.21. The Bertz CT molecular complexity index is 493. The molecule has 0 radical (unpaired) electrons. The summed E-state index contributed by atoms with van der Waals surface area (Å²) >= 11 is 0. The number of aliphatic hydroxyl groups excluding tert-OH is 1. The Morgan fingerprint density at radius 3 is 2.28 bits per heavy atom.